The van der Waals surface area contributed by atoms with Gasteiger partial charge in [-0.2, -0.15) is 0 Å². The van der Waals surface area contributed by atoms with Gasteiger partial charge in [-0.15, -0.1) is 0 Å². The van der Waals surface area contributed by atoms with Crippen molar-refractivity contribution in [3.63, 3.8) is 0 Å². The monoisotopic (exact) mass is 371 g/mol. The maximum atomic E-state index is 12.8. The van der Waals surface area contributed by atoms with Crippen molar-refractivity contribution in [3.8, 4) is 5.75 Å². The van der Waals surface area contributed by atoms with Crippen molar-refractivity contribution in [2.24, 2.45) is 0 Å². The lowest BCUT2D eigenvalue weighted by Crippen LogP contribution is -2.34. The van der Waals surface area contributed by atoms with Crippen LogP contribution in [0.15, 0.2) is 40.7 Å². The van der Waals surface area contributed by atoms with E-state index >= 15 is 0 Å². The van der Waals surface area contributed by atoms with Crippen molar-refractivity contribution in [1.29, 1.82) is 0 Å². The van der Waals surface area contributed by atoms with Gasteiger partial charge in [0.15, 0.2) is 5.78 Å². The molecule has 1 heterocycles. The fraction of sp³-hybridized carbons (Fsp3) is 0.429. The van der Waals surface area contributed by atoms with Gasteiger partial charge < -0.3 is 19.5 Å². The summed E-state index contributed by atoms with van der Waals surface area (Å²) in [6.07, 6.45) is 2.10. The van der Waals surface area contributed by atoms with Gasteiger partial charge in [-0.1, -0.05) is 6.07 Å². The number of Topliss-reactive ketones (excluding diaryl/α,β-unsaturated/α-hetero) is 1. The lowest BCUT2D eigenvalue weighted by atomic mass is 9.75. The third-order valence-corrected chi connectivity index (χ3v) is 5.12. The third kappa shape index (κ3) is 3.49. The zero-order chi connectivity index (χ0) is 19.6. The summed E-state index contributed by atoms with van der Waals surface area (Å²) in [5.74, 6) is -0.104. The van der Waals surface area contributed by atoms with Crippen LogP contribution in [0.25, 0.3) is 0 Å². The number of esters is 1. The first-order valence-corrected chi connectivity index (χ1v) is 8.99. The van der Waals surface area contributed by atoms with Gasteiger partial charge >= 0.3 is 5.97 Å². The molecule has 144 valence electrons. The van der Waals surface area contributed by atoms with Crippen molar-refractivity contribution in [1.82, 2.24) is 5.32 Å². The van der Waals surface area contributed by atoms with Crippen LogP contribution in [0.1, 0.15) is 43.2 Å². The fourth-order valence-electron chi connectivity index (χ4n) is 3.94. The maximum absolute atomic E-state index is 12.8. The van der Waals surface area contributed by atoms with Crippen LogP contribution in [0.2, 0.25) is 0 Å². The van der Waals surface area contributed by atoms with Crippen LogP contribution >= 0.6 is 0 Å². The molecule has 1 aromatic carbocycles. The second kappa shape index (κ2) is 7.96. The Bertz CT molecular complexity index is 837. The molecule has 6 heteroatoms. The van der Waals surface area contributed by atoms with E-state index in [9.17, 15) is 9.59 Å². The molecular formula is C21H25NO5. The molecule has 1 atom stereocenters. The summed E-state index contributed by atoms with van der Waals surface area (Å²) in [4.78, 5) is 25.4. The molecule has 0 fully saturated rings. The number of ether oxygens (including phenoxy) is 3. The van der Waals surface area contributed by atoms with Gasteiger partial charge in [-0.3, -0.25) is 4.79 Å². The number of hydrogen-bond donors (Lipinski definition) is 1. The highest BCUT2D eigenvalue weighted by atomic mass is 16.5. The predicted molar refractivity (Wildman–Crippen MR) is 100 cm³/mol. The van der Waals surface area contributed by atoms with E-state index in [4.69, 9.17) is 14.2 Å². The average molecular weight is 371 g/mol. The van der Waals surface area contributed by atoms with E-state index in [1.807, 2.05) is 25.1 Å². The highest BCUT2D eigenvalue weighted by Crippen LogP contribution is 2.43. The molecule has 1 aliphatic heterocycles. The summed E-state index contributed by atoms with van der Waals surface area (Å²) in [6.45, 7) is 2.22. The van der Waals surface area contributed by atoms with Crippen LogP contribution in [0.5, 0.6) is 5.75 Å². The molecule has 0 amide bonds. The lowest BCUT2D eigenvalue weighted by molar-refractivity contribution is -0.136. The molecule has 0 saturated carbocycles. The molecule has 6 nitrogen and oxygen atoms in total. The number of dihydropyridines is 1. The maximum Gasteiger partial charge on any atom is 0.336 e. The Hall–Kier alpha value is -2.60. The highest BCUT2D eigenvalue weighted by molar-refractivity contribution is 6.03. The summed E-state index contributed by atoms with van der Waals surface area (Å²) in [5.41, 5.74) is 4.49. The molecule has 0 saturated heterocycles. The average Bonchev–Trinajstić information content (AvgIpc) is 2.66. The summed E-state index contributed by atoms with van der Waals surface area (Å²) in [7, 11) is 4.58. The standard InChI is InChI=1S/C21H25NO5/c1-12-18(21(24)27-4)19(20-15(22-12)6-5-7-16(20)23)13-8-9-17(26-3)14(10-13)11-25-2/h8-10,19,22H,5-7,11H2,1-4H3/t19-/m0/s1. The number of nitrogens with one attached hydrogen (secondary N) is 1. The molecule has 1 aromatic rings. The van der Waals surface area contributed by atoms with Crippen molar-refractivity contribution in [2.45, 2.75) is 38.7 Å². The van der Waals surface area contributed by atoms with Crippen LogP contribution in [0.3, 0.4) is 0 Å². The Balaban J connectivity index is 2.19. The second-order valence-corrected chi connectivity index (χ2v) is 6.76. The zero-order valence-electron chi connectivity index (χ0n) is 16.2. The minimum absolute atomic E-state index is 0.0757. The van der Waals surface area contributed by atoms with Crippen LogP contribution in [0, 0.1) is 0 Å². The number of hydrogen-bond acceptors (Lipinski definition) is 6. The zero-order valence-corrected chi connectivity index (χ0v) is 16.2. The summed E-state index contributed by atoms with van der Waals surface area (Å²) < 4.78 is 15.7. The summed E-state index contributed by atoms with van der Waals surface area (Å²) >= 11 is 0. The lowest BCUT2D eigenvalue weighted by Gasteiger charge is -2.34. The normalized spacial score (nSPS) is 19.6. The van der Waals surface area contributed by atoms with Crippen molar-refractivity contribution >= 4 is 11.8 Å². The number of carbonyl (C=O) groups excluding carboxylic acids is 2. The Kier molecular flexibility index (Phi) is 5.65. The number of methoxy groups -OCH3 is 3. The highest BCUT2D eigenvalue weighted by Gasteiger charge is 2.39. The van der Waals surface area contributed by atoms with Gasteiger partial charge in [0, 0.05) is 42.0 Å². The Morgan fingerprint density at radius 2 is 2.00 bits per heavy atom. The molecule has 27 heavy (non-hydrogen) atoms. The van der Waals surface area contributed by atoms with Crippen LogP contribution < -0.4 is 10.1 Å². The number of ketones is 1. The molecule has 0 bridgehead atoms. The Morgan fingerprint density at radius 3 is 2.67 bits per heavy atom. The van der Waals surface area contributed by atoms with E-state index in [1.54, 1.807) is 14.2 Å². The number of allylic oxidation sites excluding steroid dienone is 3. The van der Waals surface area contributed by atoms with E-state index in [1.165, 1.54) is 7.11 Å². The van der Waals surface area contributed by atoms with E-state index in [2.05, 4.69) is 5.32 Å². The number of benzene rings is 1. The molecule has 2 aliphatic rings. The first-order valence-electron chi connectivity index (χ1n) is 8.99. The summed E-state index contributed by atoms with van der Waals surface area (Å²) in [6, 6.07) is 5.70. The first kappa shape index (κ1) is 19.2. The molecule has 0 aromatic heterocycles. The summed E-state index contributed by atoms with van der Waals surface area (Å²) in [5, 5.41) is 3.26. The Morgan fingerprint density at radius 1 is 1.22 bits per heavy atom. The molecule has 0 radical (unpaired) electrons. The van der Waals surface area contributed by atoms with E-state index in [0.717, 1.165) is 35.4 Å². The van der Waals surface area contributed by atoms with Crippen molar-refractivity contribution < 1.29 is 23.8 Å². The van der Waals surface area contributed by atoms with Crippen LogP contribution in [-0.4, -0.2) is 33.1 Å². The molecular weight excluding hydrogens is 346 g/mol. The van der Waals surface area contributed by atoms with Gasteiger partial charge in [-0.05, 0) is 37.5 Å². The fourth-order valence-corrected chi connectivity index (χ4v) is 3.94. The predicted octanol–water partition coefficient (Wildman–Crippen LogP) is 2.98. The van der Waals surface area contributed by atoms with Crippen LogP contribution in [-0.2, 0) is 25.7 Å². The first-order chi connectivity index (χ1) is 13.0. The van der Waals surface area contributed by atoms with Crippen molar-refractivity contribution in [2.75, 3.05) is 21.3 Å². The Labute approximate surface area is 159 Å². The van der Waals surface area contributed by atoms with E-state index in [-0.39, 0.29) is 5.78 Å². The molecule has 1 N–H and O–H groups in total. The molecule has 3 rings (SSSR count). The van der Waals surface area contributed by atoms with Gasteiger partial charge in [0.2, 0.25) is 0 Å². The van der Waals surface area contributed by atoms with E-state index in [0.29, 0.717) is 29.9 Å². The quantitative estimate of drug-likeness (QED) is 0.802. The minimum Gasteiger partial charge on any atom is -0.496 e. The largest absolute Gasteiger partial charge is 0.496 e. The third-order valence-electron chi connectivity index (χ3n) is 5.12. The van der Waals surface area contributed by atoms with Gasteiger partial charge in [-0.25, -0.2) is 4.79 Å². The second-order valence-electron chi connectivity index (χ2n) is 6.76. The molecule has 0 spiro atoms. The molecule has 1 aliphatic carbocycles. The minimum atomic E-state index is -0.456. The number of rotatable bonds is 5. The number of carbonyl (C=O) groups is 2. The topological polar surface area (TPSA) is 73.9 Å². The van der Waals surface area contributed by atoms with Gasteiger partial charge in [0.05, 0.1) is 26.4 Å². The molecule has 0 unspecified atom stereocenters. The van der Waals surface area contributed by atoms with Gasteiger partial charge in [0.1, 0.15) is 5.75 Å². The SMILES string of the molecule is COCc1cc([C@H]2C(C(=O)OC)=C(C)NC3=C2C(=O)CCC3)ccc1OC. The smallest absolute Gasteiger partial charge is 0.336 e. The van der Waals surface area contributed by atoms with Gasteiger partial charge in [0.25, 0.3) is 0 Å². The van der Waals surface area contributed by atoms with E-state index < -0.39 is 11.9 Å². The van der Waals surface area contributed by atoms with Crippen molar-refractivity contribution in [3.05, 3.63) is 51.9 Å². The van der Waals surface area contributed by atoms with Crippen LogP contribution in [0.4, 0.5) is 0 Å².